The summed E-state index contributed by atoms with van der Waals surface area (Å²) in [7, 11) is -9.70. The first kappa shape index (κ1) is 58.6. The highest BCUT2D eigenvalue weighted by molar-refractivity contribution is 7.47. The molecule has 0 aliphatic rings. The summed E-state index contributed by atoms with van der Waals surface area (Å²) in [6, 6.07) is 0. The van der Waals surface area contributed by atoms with Crippen LogP contribution < -0.4 is 0 Å². The fraction of sp³-hybridized carbons (Fsp3) is 0.696. The van der Waals surface area contributed by atoms with Gasteiger partial charge in [-0.25, -0.2) is 9.13 Å². The SMILES string of the molecule is CCC=CCC=CCC=CCC=CCC=CCC=CCCC(=O)OC(COC(=O)CCCCCCCCCCCCCCCCC)COP(=O)(O)OCC(O)COP(=O)(O)O. The Labute approximate surface area is 367 Å². The highest BCUT2D eigenvalue weighted by Gasteiger charge is 2.28. The van der Waals surface area contributed by atoms with E-state index in [1.165, 1.54) is 70.6 Å². The van der Waals surface area contributed by atoms with E-state index in [2.05, 4.69) is 77.6 Å². The van der Waals surface area contributed by atoms with E-state index in [9.17, 15) is 28.7 Å². The lowest BCUT2D eigenvalue weighted by atomic mass is 10.0. The third-order valence-electron chi connectivity index (χ3n) is 9.11. The molecular weight excluding hydrogens is 822 g/mol. The zero-order chi connectivity index (χ0) is 45.1. The predicted molar refractivity (Wildman–Crippen MR) is 244 cm³/mol. The number of hydrogen-bond donors (Lipinski definition) is 4. The van der Waals surface area contributed by atoms with Crippen molar-refractivity contribution in [2.75, 3.05) is 26.4 Å². The molecule has 3 unspecified atom stereocenters. The number of carbonyl (C=O) groups excluding carboxylic acids is 2. The maximum Gasteiger partial charge on any atom is 0.472 e. The molecule has 13 nitrogen and oxygen atoms in total. The number of hydrogen-bond acceptors (Lipinski definition) is 10. The van der Waals surface area contributed by atoms with Crippen molar-refractivity contribution < 1.29 is 61.6 Å². The van der Waals surface area contributed by atoms with Gasteiger partial charge in [0, 0.05) is 12.8 Å². The van der Waals surface area contributed by atoms with Gasteiger partial charge in [-0.2, -0.15) is 0 Å². The molecule has 15 heteroatoms. The van der Waals surface area contributed by atoms with Crippen LogP contribution in [-0.2, 0) is 41.8 Å². The molecule has 0 saturated heterocycles. The predicted octanol–water partition coefficient (Wildman–Crippen LogP) is 11.8. The first-order valence-electron chi connectivity index (χ1n) is 22.6. The molecule has 0 aliphatic heterocycles. The molecule has 0 aliphatic carbocycles. The summed E-state index contributed by atoms with van der Waals surface area (Å²) in [5.74, 6) is -1.13. The van der Waals surface area contributed by atoms with Gasteiger partial charge in [-0.1, -0.05) is 177 Å². The molecule has 3 atom stereocenters. The molecule has 0 aromatic rings. The summed E-state index contributed by atoms with van der Waals surface area (Å²) >= 11 is 0. The molecule has 0 radical (unpaired) electrons. The lowest BCUT2D eigenvalue weighted by Gasteiger charge is -2.20. The highest BCUT2D eigenvalue weighted by Crippen LogP contribution is 2.43. The number of carbonyl (C=O) groups is 2. The van der Waals surface area contributed by atoms with Crippen molar-refractivity contribution in [3.05, 3.63) is 72.9 Å². The second kappa shape index (κ2) is 41.6. The van der Waals surface area contributed by atoms with Crippen LogP contribution in [0.4, 0.5) is 0 Å². The third kappa shape index (κ3) is 45.4. The Kier molecular flexibility index (Phi) is 39.9. The van der Waals surface area contributed by atoms with Gasteiger partial charge in [0.25, 0.3) is 0 Å². The van der Waals surface area contributed by atoms with Gasteiger partial charge in [0.15, 0.2) is 6.10 Å². The molecule has 0 spiro atoms. The molecular formula is C46H80O13P2. The Hall–Kier alpha value is -2.44. The number of ether oxygens (including phenoxy) is 2. The molecule has 0 aromatic heterocycles. The average Bonchev–Trinajstić information content (AvgIpc) is 3.22. The van der Waals surface area contributed by atoms with E-state index in [-0.39, 0.29) is 12.8 Å². The summed E-state index contributed by atoms with van der Waals surface area (Å²) < 4.78 is 47.7. The quantitative estimate of drug-likeness (QED) is 0.0196. The Bertz CT molecular complexity index is 1350. The molecule has 0 heterocycles. The van der Waals surface area contributed by atoms with E-state index in [1.54, 1.807) is 0 Å². The van der Waals surface area contributed by atoms with Crippen molar-refractivity contribution >= 4 is 27.6 Å². The molecule has 61 heavy (non-hydrogen) atoms. The Morgan fingerprint density at radius 2 is 0.902 bits per heavy atom. The molecule has 0 fully saturated rings. The van der Waals surface area contributed by atoms with E-state index in [0.717, 1.165) is 51.4 Å². The molecule has 0 aromatic carbocycles. The highest BCUT2D eigenvalue weighted by atomic mass is 31.2. The van der Waals surface area contributed by atoms with Crippen LogP contribution in [-0.4, -0.2) is 70.4 Å². The molecule has 0 amide bonds. The number of aliphatic hydroxyl groups is 1. The fourth-order valence-electron chi connectivity index (χ4n) is 5.73. The van der Waals surface area contributed by atoms with Gasteiger partial charge in [0.2, 0.25) is 0 Å². The summed E-state index contributed by atoms with van der Waals surface area (Å²) in [5, 5.41) is 9.75. The topological polar surface area (TPSA) is 195 Å². The summed E-state index contributed by atoms with van der Waals surface area (Å²) in [6.07, 6.45) is 46.2. The minimum atomic E-state index is -4.87. The number of unbranched alkanes of at least 4 members (excludes halogenated alkanes) is 14. The maximum atomic E-state index is 12.6. The molecule has 4 N–H and O–H groups in total. The summed E-state index contributed by atoms with van der Waals surface area (Å²) in [4.78, 5) is 52.7. The van der Waals surface area contributed by atoms with Crippen LogP contribution in [0.5, 0.6) is 0 Å². The van der Waals surface area contributed by atoms with Gasteiger partial charge in [-0.3, -0.25) is 23.2 Å². The third-order valence-corrected chi connectivity index (χ3v) is 10.5. The normalized spacial score (nSPS) is 14.7. The Morgan fingerprint density at radius 3 is 1.36 bits per heavy atom. The Balaban J connectivity index is 4.62. The van der Waals surface area contributed by atoms with E-state index in [4.69, 9.17) is 23.8 Å². The number of phosphoric acid groups is 2. The fourth-order valence-corrected chi connectivity index (χ4v) is 6.88. The lowest BCUT2D eigenvalue weighted by molar-refractivity contribution is -0.161. The smallest absolute Gasteiger partial charge is 0.462 e. The second-order valence-corrected chi connectivity index (χ2v) is 17.6. The zero-order valence-corrected chi connectivity index (χ0v) is 39.0. The van der Waals surface area contributed by atoms with Crippen LogP contribution in [0.3, 0.4) is 0 Å². The van der Waals surface area contributed by atoms with Gasteiger partial charge in [-0.15, -0.1) is 0 Å². The van der Waals surface area contributed by atoms with Crippen molar-refractivity contribution in [2.24, 2.45) is 0 Å². The van der Waals surface area contributed by atoms with Crippen LogP contribution in [0.2, 0.25) is 0 Å². The monoisotopic (exact) mass is 903 g/mol. The van der Waals surface area contributed by atoms with Crippen LogP contribution >= 0.6 is 15.6 Å². The largest absolute Gasteiger partial charge is 0.472 e. The average molecular weight is 903 g/mol. The number of phosphoric ester groups is 2. The van der Waals surface area contributed by atoms with Gasteiger partial charge >= 0.3 is 27.6 Å². The van der Waals surface area contributed by atoms with E-state index < -0.39 is 66.2 Å². The minimum absolute atomic E-state index is 0.00475. The minimum Gasteiger partial charge on any atom is -0.462 e. The van der Waals surface area contributed by atoms with Crippen molar-refractivity contribution in [1.82, 2.24) is 0 Å². The van der Waals surface area contributed by atoms with Crippen molar-refractivity contribution in [2.45, 2.75) is 180 Å². The summed E-state index contributed by atoms with van der Waals surface area (Å²) in [6.45, 7) is 1.57. The zero-order valence-electron chi connectivity index (χ0n) is 37.2. The first-order chi connectivity index (χ1) is 29.4. The number of allylic oxidation sites excluding steroid dienone is 12. The number of rotatable bonds is 42. The molecule has 0 bridgehead atoms. The van der Waals surface area contributed by atoms with Gasteiger partial charge in [-0.05, 0) is 51.4 Å². The summed E-state index contributed by atoms with van der Waals surface area (Å²) in [5.41, 5.74) is 0. The van der Waals surface area contributed by atoms with Gasteiger partial charge in [0.05, 0.1) is 19.8 Å². The van der Waals surface area contributed by atoms with Crippen LogP contribution in [0.25, 0.3) is 0 Å². The molecule has 352 valence electrons. The van der Waals surface area contributed by atoms with Crippen molar-refractivity contribution in [3.8, 4) is 0 Å². The first-order valence-corrected chi connectivity index (χ1v) is 25.7. The standard InChI is InChI=1S/C46H80O13P2/c1-3-5-7-9-11-13-15-17-19-20-21-22-24-26-28-30-32-34-36-38-46(49)59-44(42-58-61(53,54)57-40-43(47)39-56-60(50,51)52)41-55-45(48)37-35-33-31-29-27-25-23-18-16-14-12-10-8-6-4-2/h5,7,11,13,17,19,21-22,26,28,32,34,43-44,47H,3-4,6,8-10,12,14-16,18,20,23-25,27,29-31,33,35-42H2,1-2H3,(H,53,54)(H2,50,51,52). The van der Waals surface area contributed by atoms with Crippen molar-refractivity contribution in [3.63, 3.8) is 0 Å². The van der Waals surface area contributed by atoms with E-state index in [1.807, 2.05) is 18.2 Å². The van der Waals surface area contributed by atoms with E-state index in [0.29, 0.717) is 19.3 Å². The van der Waals surface area contributed by atoms with Crippen LogP contribution in [0.1, 0.15) is 168 Å². The van der Waals surface area contributed by atoms with Crippen LogP contribution in [0.15, 0.2) is 72.9 Å². The van der Waals surface area contributed by atoms with Crippen molar-refractivity contribution in [1.29, 1.82) is 0 Å². The molecule has 0 saturated carbocycles. The number of aliphatic hydroxyl groups excluding tert-OH is 1. The van der Waals surface area contributed by atoms with Gasteiger partial charge in [0.1, 0.15) is 12.7 Å². The van der Waals surface area contributed by atoms with Crippen LogP contribution in [0, 0.1) is 0 Å². The second-order valence-electron chi connectivity index (χ2n) is 14.9. The van der Waals surface area contributed by atoms with E-state index >= 15 is 0 Å². The molecule has 0 rings (SSSR count). The lowest BCUT2D eigenvalue weighted by Crippen LogP contribution is -2.29. The van der Waals surface area contributed by atoms with Gasteiger partial charge < -0.3 is 29.3 Å². The Morgan fingerprint density at radius 1 is 0.492 bits per heavy atom. The number of esters is 2. The maximum absolute atomic E-state index is 12.6.